The number of aromatic nitrogens is 3. The number of hydrogen-bond acceptors (Lipinski definition) is 5. The van der Waals surface area contributed by atoms with Gasteiger partial charge in [-0.15, -0.1) is 0 Å². The van der Waals surface area contributed by atoms with E-state index in [0.29, 0.717) is 28.0 Å². The fourth-order valence-electron chi connectivity index (χ4n) is 2.89. The molecule has 4 aromatic rings. The summed E-state index contributed by atoms with van der Waals surface area (Å²) in [5.41, 5.74) is 8.74. The molecule has 146 valence electrons. The zero-order valence-electron chi connectivity index (χ0n) is 15.5. The molecule has 8 nitrogen and oxygen atoms in total. The number of fused-ring (bicyclic) bond motifs is 1. The van der Waals surface area contributed by atoms with Crippen LogP contribution in [0.25, 0.3) is 22.4 Å². The number of amides is 2. The number of hydrogen-bond donors (Lipinski definition) is 3. The predicted octanol–water partition coefficient (Wildman–Crippen LogP) is 3.67. The van der Waals surface area contributed by atoms with Gasteiger partial charge in [0.1, 0.15) is 5.69 Å². The first-order valence-corrected chi connectivity index (χ1v) is 9.50. The Bertz CT molecular complexity index is 1230. The molecule has 0 aliphatic rings. The van der Waals surface area contributed by atoms with Gasteiger partial charge in [-0.05, 0) is 41.9 Å². The average Bonchev–Trinajstić information content (AvgIpc) is 3.32. The number of aryl methyl sites for hydroxylation is 2. The molecule has 3 heterocycles. The van der Waals surface area contributed by atoms with Crippen LogP contribution in [0, 0.1) is 13.8 Å². The molecular weight excluding hydrogens is 438 g/mol. The molecule has 0 aliphatic carbocycles. The number of H-pyrrole nitrogens is 1. The van der Waals surface area contributed by atoms with Crippen LogP contribution in [0.5, 0.6) is 0 Å². The Labute approximate surface area is 173 Å². The van der Waals surface area contributed by atoms with Crippen LogP contribution in [0.1, 0.15) is 32.1 Å². The lowest BCUT2D eigenvalue weighted by molar-refractivity contribution is 0.0845. The molecule has 0 aliphatic heterocycles. The fraction of sp³-hybridized carbons (Fsp3) is 0.100. The second kappa shape index (κ2) is 7.51. The number of nitrogens with one attached hydrogen (secondary N) is 3. The Morgan fingerprint density at radius 3 is 2.48 bits per heavy atom. The Hall–Kier alpha value is -3.46. The minimum atomic E-state index is -0.504. The molecule has 0 bridgehead atoms. The molecule has 4 rings (SSSR count). The largest absolute Gasteiger partial charge is 0.356 e. The van der Waals surface area contributed by atoms with Gasteiger partial charge in [0.25, 0.3) is 17.5 Å². The Kier molecular flexibility index (Phi) is 4.89. The van der Waals surface area contributed by atoms with Crippen molar-refractivity contribution >= 4 is 38.8 Å². The van der Waals surface area contributed by atoms with Crippen LogP contribution >= 0.6 is 15.9 Å². The maximum absolute atomic E-state index is 12.8. The van der Waals surface area contributed by atoms with E-state index in [9.17, 15) is 9.59 Å². The van der Waals surface area contributed by atoms with Gasteiger partial charge in [0.15, 0.2) is 0 Å². The summed E-state index contributed by atoms with van der Waals surface area (Å²) in [7, 11) is 0. The average molecular weight is 454 g/mol. The van der Waals surface area contributed by atoms with Crippen LogP contribution in [0.15, 0.2) is 51.6 Å². The summed E-state index contributed by atoms with van der Waals surface area (Å²) >= 11 is 3.26. The monoisotopic (exact) mass is 453 g/mol. The van der Waals surface area contributed by atoms with Gasteiger partial charge in [0, 0.05) is 16.2 Å². The number of halogens is 1. The van der Waals surface area contributed by atoms with Crippen LogP contribution in [0.3, 0.4) is 0 Å². The molecule has 0 atom stereocenters. The van der Waals surface area contributed by atoms with Crippen LogP contribution in [0.2, 0.25) is 0 Å². The maximum Gasteiger partial charge on any atom is 0.286 e. The number of rotatable bonds is 3. The van der Waals surface area contributed by atoms with Crippen molar-refractivity contribution in [2.24, 2.45) is 0 Å². The topological polar surface area (TPSA) is 113 Å². The summed E-state index contributed by atoms with van der Waals surface area (Å²) in [6.07, 6.45) is 1.62. The van der Waals surface area contributed by atoms with E-state index in [1.165, 1.54) is 0 Å². The van der Waals surface area contributed by atoms with Gasteiger partial charge in [-0.25, -0.2) is 4.98 Å². The number of nitrogens with zero attached hydrogens (tertiary/aromatic N) is 2. The summed E-state index contributed by atoms with van der Waals surface area (Å²) in [6.45, 7) is 3.72. The van der Waals surface area contributed by atoms with Gasteiger partial charge < -0.3 is 9.51 Å². The lowest BCUT2D eigenvalue weighted by atomic mass is 10.0. The highest BCUT2D eigenvalue weighted by molar-refractivity contribution is 9.10. The van der Waals surface area contributed by atoms with Gasteiger partial charge in [0.2, 0.25) is 0 Å². The van der Waals surface area contributed by atoms with Gasteiger partial charge in [0.05, 0.1) is 22.3 Å². The van der Waals surface area contributed by atoms with E-state index in [2.05, 4.69) is 41.9 Å². The summed E-state index contributed by atoms with van der Waals surface area (Å²) < 4.78 is 6.01. The van der Waals surface area contributed by atoms with Crippen LogP contribution in [-0.4, -0.2) is 26.9 Å². The highest BCUT2D eigenvalue weighted by Crippen LogP contribution is 2.27. The lowest BCUT2D eigenvalue weighted by Crippen LogP contribution is -2.41. The molecule has 0 saturated heterocycles. The van der Waals surface area contributed by atoms with Crippen molar-refractivity contribution in [3.63, 3.8) is 0 Å². The second-order valence-electron chi connectivity index (χ2n) is 6.51. The van der Waals surface area contributed by atoms with E-state index in [4.69, 9.17) is 4.52 Å². The SMILES string of the molecule is Cc1ccc(-c2cc(C(=O)NNC(=O)c3cc(Br)c[nH]3)c3c(C)noc3n2)cc1. The molecule has 1 aromatic carbocycles. The van der Waals surface area contributed by atoms with Crippen molar-refractivity contribution in [3.05, 3.63) is 69.6 Å². The van der Waals surface area contributed by atoms with Crippen molar-refractivity contribution in [1.82, 2.24) is 26.0 Å². The summed E-state index contributed by atoms with van der Waals surface area (Å²) in [6, 6.07) is 11.0. The third-order valence-electron chi connectivity index (χ3n) is 4.39. The first-order valence-electron chi connectivity index (χ1n) is 8.71. The lowest BCUT2D eigenvalue weighted by Gasteiger charge is -2.09. The van der Waals surface area contributed by atoms with Crippen molar-refractivity contribution < 1.29 is 14.1 Å². The highest BCUT2D eigenvalue weighted by Gasteiger charge is 2.20. The normalized spacial score (nSPS) is 10.9. The summed E-state index contributed by atoms with van der Waals surface area (Å²) in [5, 5.41) is 4.41. The van der Waals surface area contributed by atoms with Crippen LogP contribution in [0.4, 0.5) is 0 Å². The third kappa shape index (κ3) is 3.77. The van der Waals surface area contributed by atoms with Gasteiger partial charge in [-0.2, -0.15) is 0 Å². The van der Waals surface area contributed by atoms with Crippen LogP contribution in [-0.2, 0) is 0 Å². The van der Waals surface area contributed by atoms with E-state index in [0.717, 1.165) is 15.6 Å². The molecule has 0 spiro atoms. The molecule has 2 amide bonds. The van der Waals surface area contributed by atoms with E-state index < -0.39 is 11.8 Å². The van der Waals surface area contributed by atoms with Gasteiger partial charge >= 0.3 is 0 Å². The molecular formula is C20H16BrN5O3. The first kappa shape index (κ1) is 18.9. The molecule has 29 heavy (non-hydrogen) atoms. The summed E-state index contributed by atoms with van der Waals surface area (Å²) in [4.78, 5) is 32.3. The molecule has 0 fully saturated rings. The van der Waals surface area contributed by atoms with Gasteiger partial charge in [-0.1, -0.05) is 35.0 Å². The smallest absolute Gasteiger partial charge is 0.286 e. The second-order valence-corrected chi connectivity index (χ2v) is 7.42. The molecule has 0 unspecified atom stereocenters. The minimum Gasteiger partial charge on any atom is -0.356 e. The number of carbonyl (C=O) groups is 2. The molecule has 0 saturated carbocycles. The molecule has 0 radical (unpaired) electrons. The maximum atomic E-state index is 12.8. The number of benzene rings is 1. The van der Waals surface area contributed by atoms with E-state index in [1.807, 2.05) is 31.2 Å². The van der Waals surface area contributed by atoms with Crippen molar-refractivity contribution in [2.75, 3.05) is 0 Å². The molecule has 3 N–H and O–H groups in total. The minimum absolute atomic E-state index is 0.255. The standard InChI is InChI=1S/C20H16BrN5O3/c1-10-3-5-12(6-4-10)15-8-14(17-11(2)26-29-20(17)23-15)18(27)24-25-19(28)16-7-13(21)9-22-16/h3-9,22H,1-2H3,(H,24,27)(H,25,28). The fourth-order valence-corrected chi connectivity index (χ4v) is 3.24. The molecule has 3 aromatic heterocycles. The number of aromatic amines is 1. The predicted molar refractivity (Wildman–Crippen MR) is 110 cm³/mol. The quantitative estimate of drug-likeness (QED) is 0.409. The van der Waals surface area contributed by atoms with E-state index >= 15 is 0 Å². The van der Waals surface area contributed by atoms with Crippen molar-refractivity contribution in [2.45, 2.75) is 13.8 Å². The Balaban J connectivity index is 1.66. The van der Waals surface area contributed by atoms with Crippen molar-refractivity contribution in [1.29, 1.82) is 0 Å². The first-order chi connectivity index (χ1) is 13.9. The highest BCUT2D eigenvalue weighted by atomic mass is 79.9. The van der Waals surface area contributed by atoms with Crippen molar-refractivity contribution in [3.8, 4) is 11.3 Å². The van der Waals surface area contributed by atoms with E-state index in [-0.39, 0.29) is 5.71 Å². The molecule has 9 heteroatoms. The Morgan fingerprint density at radius 2 is 1.79 bits per heavy atom. The summed E-state index contributed by atoms with van der Waals surface area (Å²) in [5.74, 6) is -0.980. The van der Waals surface area contributed by atoms with Crippen LogP contribution < -0.4 is 10.9 Å². The zero-order valence-corrected chi connectivity index (χ0v) is 17.1. The Morgan fingerprint density at radius 1 is 1.07 bits per heavy atom. The zero-order chi connectivity index (χ0) is 20.5. The number of carbonyl (C=O) groups excluding carboxylic acids is 2. The van der Waals surface area contributed by atoms with Gasteiger partial charge in [-0.3, -0.25) is 20.4 Å². The number of hydrazine groups is 1. The number of pyridine rings is 1. The van der Waals surface area contributed by atoms with E-state index in [1.54, 1.807) is 25.3 Å². The third-order valence-corrected chi connectivity index (χ3v) is 4.85.